The van der Waals surface area contributed by atoms with Gasteiger partial charge in [-0.25, -0.2) is 0 Å². The number of rotatable bonds is 9. The average Bonchev–Trinajstić information content (AvgIpc) is 2.06. The van der Waals surface area contributed by atoms with Gasteiger partial charge in [-0.2, -0.15) is 16.8 Å². The minimum Gasteiger partial charge on any atom is -0.391 e. The molecule has 18 heavy (non-hydrogen) atoms. The average molecular weight is 342 g/mol. The fraction of sp³-hybridized carbons (Fsp3) is 1.00. The van der Waals surface area contributed by atoms with Gasteiger partial charge in [0.05, 0.1) is 12.2 Å². The molecule has 0 unspecified atom stereocenters. The van der Waals surface area contributed by atoms with E-state index >= 15 is 0 Å². The highest BCUT2D eigenvalue weighted by Gasteiger charge is 2.16. The van der Waals surface area contributed by atoms with Gasteiger partial charge in [0.25, 0.3) is 20.2 Å². The lowest BCUT2D eigenvalue weighted by molar-refractivity contribution is 0.218. The monoisotopic (exact) mass is 342 g/mol. The van der Waals surface area contributed by atoms with Crippen LogP contribution in [-0.4, -0.2) is 71.4 Å². The van der Waals surface area contributed by atoms with Gasteiger partial charge in [-0.15, -0.1) is 0 Å². The first-order valence-corrected chi connectivity index (χ1v) is 10.2. The highest BCUT2D eigenvalue weighted by Crippen LogP contribution is 2.23. The van der Waals surface area contributed by atoms with Gasteiger partial charge in [-0.05, 0) is 0 Å². The van der Waals surface area contributed by atoms with Gasteiger partial charge < -0.3 is 10.2 Å². The summed E-state index contributed by atoms with van der Waals surface area (Å²) in [5.74, 6) is -1.59. The fourth-order valence-electron chi connectivity index (χ4n) is 0.836. The van der Waals surface area contributed by atoms with Crippen molar-refractivity contribution in [1.82, 2.24) is 0 Å². The molecule has 0 fully saturated rings. The summed E-state index contributed by atoms with van der Waals surface area (Å²) in [5, 5.41) is 18.3. The second-order valence-electron chi connectivity index (χ2n) is 3.37. The SMILES string of the molecule is O=S(=O)(O)C[C@H](O)CSSC[C@H](O)CS(=O)(=O)O. The van der Waals surface area contributed by atoms with Crippen molar-refractivity contribution >= 4 is 41.8 Å². The van der Waals surface area contributed by atoms with E-state index in [1.807, 2.05) is 0 Å². The van der Waals surface area contributed by atoms with Crippen LogP contribution in [0.4, 0.5) is 0 Å². The Bertz CT molecular complexity index is 387. The van der Waals surface area contributed by atoms with Crippen molar-refractivity contribution < 1.29 is 36.2 Å². The molecule has 0 radical (unpaired) electrons. The Hall–Kier alpha value is 0.440. The summed E-state index contributed by atoms with van der Waals surface area (Å²) in [6, 6.07) is 0. The van der Waals surface area contributed by atoms with Crippen LogP contribution in [0, 0.1) is 0 Å². The largest absolute Gasteiger partial charge is 0.391 e. The molecule has 12 heteroatoms. The zero-order valence-corrected chi connectivity index (χ0v) is 12.3. The van der Waals surface area contributed by atoms with Crippen molar-refractivity contribution in [3.05, 3.63) is 0 Å². The first kappa shape index (κ1) is 18.4. The van der Waals surface area contributed by atoms with Crippen molar-refractivity contribution in [1.29, 1.82) is 0 Å². The third-order valence-corrected chi connectivity index (χ3v) is 5.55. The summed E-state index contributed by atoms with van der Waals surface area (Å²) in [6.07, 6.45) is -2.51. The van der Waals surface area contributed by atoms with Crippen LogP contribution >= 0.6 is 21.6 Å². The Morgan fingerprint density at radius 2 is 1.06 bits per heavy atom. The van der Waals surface area contributed by atoms with Crippen LogP contribution < -0.4 is 0 Å². The molecule has 0 aromatic heterocycles. The van der Waals surface area contributed by atoms with E-state index in [0.717, 1.165) is 21.6 Å². The Balaban J connectivity index is 3.74. The van der Waals surface area contributed by atoms with E-state index in [4.69, 9.17) is 19.3 Å². The predicted molar refractivity (Wildman–Crippen MR) is 69.8 cm³/mol. The van der Waals surface area contributed by atoms with Crippen LogP contribution in [0.15, 0.2) is 0 Å². The summed E-state index contributed by atoms with van der Waals surface area (Å²) < 4.78 is 58.4. The molecule has 110 valence electrons. The maximum atomic E-state index is 10.4. The molecule has 2 atom stereocenters. The highest BCUT2D eigenvalue weighted by molar-refractivity contribution is 8.76. The van der Waals surface area contributed by atoms with Gasteiger partial charge in [-0.1, -0.05) is 21.6 Å². The second-order valence-corrected chi connectivity index (χ2v) is 8.92. The van der Waals surface area contributed by atoms with Gasteiger partial charge >= 0.3 is 0 Å². The van der Waals surface area contributed by atoms with Gasteiger partial charge in [0.1, 0.15) is 11.5 Å². The minimum atomic E-state index is -4.24. The quantitative estimate of drug-likeness (QED) is 0.230. The first-order valence-electron chi connectivity index (χ1n) is 4.50. The molecule has 0 spiro atoms. The lowest BCUT2D eigenvalue weighted by atomic mass is 10.5. The van der Waals surface area contributed by atoms with Crippen molar-refractivity contribution in [3.8, 4) is 0 Å². The Labute approximate surface area is 113 Å². The smallest absolute Gasteiger partial charge is 0.267 e. The number of aliphatic hydroxyl groups is 2. The topological polar surface area (TPSA) is 149 Å². The minimum absolute atomic E-state index is 0.0109. The molecule has 0 saturated heterocycles. The van der Waals surface area contributed by atoms with E-state index < -0.39 is 43.9 Å². The van der Waals surface area contributed by atoms with Crippen LogP contribution in [0.5, 0.6) is 0 Å². The third-order valence-electron chi connectivity index (χ3n) is 1.41. The van der Waals surface area contributed by atoms with Gasteiger partial charge in [0.2, 0.25) is 0 Å². The molecule has 0 aromatic carbocycles. The standard InChI is InChI=1S/C6H14O8S4/c7-5(3-17(9,10)11)1-15-16-2-6(8)4-18(12,13)14/h5-8H,1-4H2,(H,9,10,11)(H,12,13,14)/t5-,6+. The maximum Gasteiger partial charge on any atom is 0.267 e. The summed E-state index contributed by atoms with van der Waals surface area (Å²) in [5.41, 5.74) is 0. The van der Waals surface area contributed by atoms with Gasteiger partial charge in [-0.3, -0.25) is 9.11 Å². The molecular formula is C6H14O8S4. The Kier molecular flexibility index (Phi) is 8.08. The molecular weight excluding hydrogens is 328 g/mol. The zero-order chi connectivity index (χ0) is 14.4. The van der Waals surface area contributed by atoms with E-state index in [9.17, 15) is 16.8 Å². The maximum absolute atomic E-state index is 10.4. The third kappa shape index (κ3) is 12.9. The molecule has 0 aliphatic carbocycles. The van der Waals surface area contributed by atoms with E-state index in [-0.39, 0.29) is 11.5 Å². The molecule has 0 aliphatic rings. The van der Waals surface area contributed by atoms with Gasteiger partial charge in [0.15, 0.2) is 0 Å². The molecule has 0 rings (SSSR count). The van der Waals surface area contributed by atoms with Crippen molar-refractivity contribution in [2.24, 2.45) is 0 Å². The highest BCUT2D eigenvalue weighted by atomic mass is 33.1. The van der Waals surface area contributed by atoms with E-state index in [1.54, 1.807) is 0 Å². The second kappa shape index (κ2) is 7.89. The zero-order valence-electron chi connectivity index (χ0n) is 9.04. The van der Waals surface area contributed by atoms with Crippen LogP contribution in [0.25, 0.3) is 0 Å². The van der Waals surface area contributed by atoms with Gasteiger partial charge in [0, 0.05) is 11.5 Å². The molecule has 0 aromatic rings. The lowest BCUT2D eigenvalue weighted by Gasteiger charge is -2.09. The number of aliphatic hydroxyl groups excluding tert-OH is 2. The molecule has 8 nitrogen and oxygen atoms in total. The van der Waals surface area contributed by atoms with Crippen LogP contribution in [0.2, 0.25) is 0 Å². The van der Waals surface area contributed by atoms with Crippen LogP contribution in [0.3, 0.4) is 0 Å². The molecule has 0 bridgehead atoms. The molecule has 4 N–H and O–H groups in total. The normalized spacial score (nSPS) is 16.4. The molecule has 0 heterocycles. The number of hydrogen-bond acceptors (Lipinski definition) is 8. The van der Waals surface area contributed by atoms with Crippen molar-refractivity contribution in [3.63, 3.8) is 0 Å². The van der Waals surface area contributed by atoms with Crippen molar-refractivity contribution in [2.45, 2.75) is 12.2 Å². The van der Waals surface area contributed by atoms with E-state index in [2.05, 4.69) is 0 Å². The predicted octanol–water partition coefficient (Wildman–Crippen LogP) is -1.13. The van der Waals surface area contributed by atoms with Crippen LogP contribution in [-0.2, 0) is 20.2 Å². The van der Waals surface area contributed by atoms with E-state index in [0.29, 0.717) is 0 Å². The summed E-state index contributed by atoms with van der Waals surface area (Å²) in [4.78, 5) is 0. The molecule has 0 aliphatic heterocycles. The Morgan fingerprint density at radius 1 is 0.778 bits per heavy atom. The lowest BCUT2D eigenvalue weighted by Crippen LogP contribution is -2.23. The summed E-state index contributed by atoms with van der Waals surface area (Å²) in [7, 11) is -6.45. The molecule has 0 saturated carbocycles. The fourth-order valence-corrected chi connectivity index (χ4v) is 4.60. The van der Waals surface area contributed by atoms with Crippen molar-refractivity contribution in [2.75, 3.05) is 23.0 Å². The van der Waals surface area contributed by atoms with Crippen LogP contribution in [0.1, 0.15) is 0 Å². The first-order chi connectivity index (χ1) is 7.99. The number of hydrogen-bond donors (Lipinski definition) is 4. The Morgan fingerprint density at radius 3 is 1.28 bits per heavy atom. The summed E-state index contributed by atoms with van der Waals surface area (Å²) >= 11 is 0. The summed E-state index contributed by atoms with van der Waals surface area (Å²) in [6.45, 7) is 0. The molecule has 0 amide bonds. The van der Waals surface area contributed by atoms with E-state index in [1.165, 1.54) is 0 Å².